The van der Waals surface area contributed by atoms with Crippen LogP contribution in [0.15, 0.2) is 28.7 Å². The summed E-state index contributed by atoms with van der Waals surface area (Å²) in [4.78, 5) is 11.3. The first-order chi connectivity index (χ1) is 8.81. The minimum Gasteiger partial charge on any atom is -0.348 e. The summed E-state index contributed by atoms with van der Waals surface area (Å²) in [5.41, 5.74) is 0.340. The minimum absolute atomic E-state index is 0.340. The summed E-state index contributed by atoms with van der Waals surface area (Å²) in [6.45, 7) is 0. The molecular formula is C12H10BrF3N2O. The second-order valence-corrected chi connectivity index (χ2v) is 4.74. The molecule has 1 aromatic carbocycles. The summed E-state index contributed by atoms with van der Waals surface area (Å²) in [6, 6.07) is 6.58. The monoisotopic (exact) mass is 334 g/mol. The van der Waals surface area contributed by atoms with Crippen molar-refractivity contribution in [3.05, 3.63) is 34.3 Å². The Hall–Kier alpha value is -1.55. The van der Waals surface area contributed by atoms with Crippen molar-refractivity contribution in [2.75, 3.05) is 0 Å². The highest BCUT2D eigenvalue weighted by molar-refractivity contribution is 9.10. The van der Waals surface area contributed by atoms with Gasteiger partial charge in [-0.25, -0.2) is 0 Å². The second-order valence-electron chi connectivity index (χ2n) is 3.83. The normalized spacial score (nSPS) is 12.6. The summed E-state index contributed by atoms with van der Waals surface area (Å²) in [5, 5.41) is 10.6. The van der Waals surface area contributed by atoms with Gasteiger partial charge in [-0.05, 0) is 17.7 Å². The fraction of sp³-hybridized carbons (Fsp3) is 0.333. The van der Waals surface area contributed by atoms with Crippen LogP contribution in [-0.2, 0) is 4.79 Å². The molecular weight excluding hydrogens is 325 g/mol. The molecule has 0 saturated heterocycles. The second kappa shape index (κ2) is 6.57. The van der Waals surface area contributed by atoms with Crippen molar-refractivity contribution in [2.24, 2.45) is 0 Å². The quantitative estimate of drug-likeness (QED) is 0.916. The van der Waals surface area contributed by atoms with Crippen molar-refractivity contribution in [3.63, 3.8) is 0 Å². The number of carbonyl (C=O) groups is 1. The Labute approximate surface area is 116 Å². The van der Waals surface area contributed by atoms with E-state index in [1.807, 2.05) is 0 Å². The fourth-order valence-corrected chi connectivity index (χ4v) is 1.76. The van der Waals surface area contributed by atoms with E-state index < -0.39 is 31.0 Å². The van der Waals surface area contributed by atoms with Crippen molar-refractivity contribution in [2.45, 2.75) is 25.1 Å². The Bertz CT molecular complexity index is 479. The molecule has 0 aliphatic heterocycles. The van der Waals surface area contributed by atoms with Gasteiger partial charge in [0.05, 0.1) is 18.5 Å². The molecule has 0 aromatic heterocycles. The summed E-state index contributed by atoms with van der Waals surface area (Å²) in [7, 11) is 0. The Kier molecular flexibility index (Phi) is 5.36. The first kappa shape index (κ1) is 15.5. The van der Waals surface area contributed by atoms with E-state index in [1.165, 1.54) is 12.1 Å². The van der Waals surface area contributed by atoms with Crippen LogP contribution < -0.4 is 5.32 Å². The average molecular weight is 335 g/mol. The van der Waals surface area contributed by atoms with Crippen LogP contribution in [0.5, 0.6) is 0 Å². The van der Waals surface area contributed by atoms with Gasteiger partial charge in [-0.2, -0.15) is 18.4 Å². The number of benzene rings is 1. The fourth-order valence-electron chi connectivity index (χ4n) is 1.50. The number of hydrogen-bond acceptors (Lipinski definition) is 2. The average Bonchev–Trinajstić information content (AvgIpc) is 2.27. The molecule has 3 nitrogen and oxygen atoms in total. The molecule has 0 spiro atoms. The zero-order valence-corrected chi connectivity index (χ0v) is 11.3. The molecule has 102 valence electrons. The highest BCUT2D eigenvalue weighted by atomic mass is 79.9. The van der Waals surface area contributed by atoms with Crippen LogP contribution in [0.3, 0.4) is 0 Å². The maximum Gasteiger partial charge on any atom is 0.391 e. The van der Waals surface area contributed by atoms with Gasteiger partial charge < -0.3 is 5.32 Å². The molecule has 1 N–H and O–H groups in total. The number of carbonyl (C=O) groups excluding carboxylic acids is 1. The highest BCUT2D eigenvalue weighted by Gasteiger charge is 2.33. The Morgan fingerprint density at radius 2 is 1.95 bits per heavy atom. The lowest BCUT2D eigenvalue weighted by molar-refractivity contribution is -0.142. The molecule has 0 aliphatic carbocycles. The largest absolute Gasteiger partial charge is 0.391 e. The lowest BCUT2D eigenvalue weighted by Gasteiger charge is -2.20. The van der Waals surface area contributed by atoms with Crippen LogP contribution in [0.2, 0.25) is 0 Å². The minimum atomic E-state index is -4.41. The van der Waals surface area contributed by atoms with Gasteiger partial charge >= 0.3 is 6.18 Å². The van der Waals surface area contributed by atoms with Gasteiger partial charge in [0.1, 0.15) is 6.42 Å². The topological polar surface area (TPSA) is 52.9 Å². The first-order valence-corrected chi connectivity index (χ1v) is 6.09. The number of amides is 1. The summed E-state index contributed by atoms with van der Waals surface area (Å²) < 4.78 is 38.2. The molecule has 0 bridgehead atoms. The molecule has 0 radical (unpaired) electrons. The van der Waals surface area contributed by atoms with Crippen LogP contribution in [0, 0.1) is 11.3 Å². The predicted molar refractivity (Wildman–Crippen MR) is 65.9 cm³/mol. The van der Waals surface area contributed by atoms with Gasteiger partial charge in [0, 0.05) is 4.47 Å². The van der Waals surface area contributed by atoms with Gasteiger partial charge in [0.25, 0.3) is 0 Å². The van der Waals surface area contributed by atoms with Gasteiger partial charge in [-0.1, -0.05) is 28.1 Å². The van der Waals surface area contributed by atoms with Gasteiger partial charge in [-0.3, -0.25) is 4.79 Å². The number of hydrogen-bond donors (Lipinski definition) is 1. The summed E-state index contributed by atoms with van der Waals surface area (Å²) in [6.07, 6.45) is -6.05. The summed E-state index contributed by atoms with van der Waals surface area (Å²) >= 11 is 3.18. The molecule has 0 heterocycles. The molecule has 1 aromatic rings. The molecule has 1 atom stereocenters. The zero-order valence-electron chi connectivity index (χ0n) is 9.67. The Balaban J connectivity index is 2.89. The van der Waals surface area contributed by atoms with Crippen molar-refractivity contribution in [1.82, 2.24) is 5.32 Å². The maximum atomic E-state index is 12.5. The van der Waals surface area contributed by atoms with Gasteiger partial charge in [-0.15, -0.1) is 0 Å². The molecule has 19 heavy (non-hydrogen) atoms. The van der Waals surface area contributed by atoms with E-state index in [1.54, 1.807) is 18.2 Å². The van der Waals surface area contributed by atoms with E-state index in [4.69, 9.17) is 5.26 Å². The van der Waals surface area contributed by atoms with Crippen LogP contribution in [0.25, 0.3) is 0 Å². The van der Waals surface area contributed by atoms with Crippen molar-refractivity contribution >= 4 is 21.8 Å². The standard InChI is InChI=1S/C12H10BrF3N2O/c13-9-3-1-8(2-4-9)10(7-12(14,15)16)18-11(19)5-6-17/h1-4,10H,5,7H2,(H,18,19)/t10-/m1/s1. The lowest BCUT2D eigenvalue weighted by Crippen LogP contribution is -2.31. The van der Waals surface area contributed by atoms with Crippen molar-refractivity contribution in [3.8, 4) is 6.07 Å². The number of alkyl halides is 3. The maximum absolute atomic E-state index is 12.5. The third-order valence-corrected chi connectivity index (χ3v) is 2.81. The van der Waals surface area contributed by atoms with Crippen LogP contribution in [-0.4, -0.2) is 12.1 Å². The third kappa shape index (κ3) is 5.75. The van der Waals surface area contributed by atoms with Crippen LogP contribution in [0.4, 0.5) is 13.2 Å². The number of nitriles is 1. The molecule has 1 rings (SSSR count). The predicted octanol–water partition coefficient (Wildman–Crippen LogP) is 3.47. The molecule has 0 aliphatic rings. The third-order valence-electron chi connectivity index (χ3n) is 2.28. The SMILES string of the molecule is N#CCC(=O)N[C@H](CC(F)(F)F)c1ccc(Br)cc1. The first-order valence-electron chi connectivity index (χ1n) is 5.30. The number of nitrogens with zero attached hydrogens (tertiary/aromatic N) is 1. The van der Waals surface area contributed by atoms with E-state index in [0.717, 1.165) is 4.47 Å². The molecule has 7 heteroatoms. The van der Waals surface area contributed by atoms with E-state index in [2.05, 4.69) is 21.2 Å². The zero-order chi connectivity index (χ0) is 14.5. The Morgan fingerprint density at radius 1 is 1.37 bits per heavy atom. The van der Waals surface area contributed by atoms with Crippen LogP contribution >= 0.6 is 15.9 Å². The Morgan fingerprint density at radius 3 is 2.42 bits per heavy atom. The molecule has 1 amide bonds. The van der Waals surface area contributed by atoms with E-state index in [9.17, 15) is 18.0 Å². The number of halogens is 4. The van der Waals surface area contributed by atoms with Crippen molar-refractivity contribution in [1.29, 1.82) is 5.26 Å². The van der Waals surface area contributed by atoms with Crippen LogP contribution in [0.1, 0.15) is 24.4 Å². The van der Waals surface area contributed by atoms with Gasteiger partial charge in [0.15, 0.2) is 0 Å². The van der Waals surface area contributed by atoms with E-state index >= 15 is 0 Å². The van der Waals surface area contributed by atoms with E-state index in [0.29, 0.717) is 5.56 Å². The van der Waals surface area contributed by atoms with Crippen molar-refractivity contribution < 1.29 is 18.0 Å². The smallest absolute Gasteiger partial charge is 0.348 e. The number of nitrogens with one attached hydrogen (secondary N) is 1. The summed E-state index contributed by atoms with van der Waals surface area (Å²) in [5.74, 6) is -0.723. The van der Waals surface area contributed by atoms with Gasteiger partial charge in [0.2, 0.25) is 5.91 Å². The number of rotatable bonds is 4. The molecule has 0 saturated carbocycles. The highest BCUT2D eigenvalue weighted by Crippen LogP contribution is 2.30. The lowest BCUT2D eigenvalue weighted by atomic mass is 10.0. The van der Waals surface area contributed by atoms with E-state index in [-0.39, 0.29) is 0 Å². The molecule has 0 fully saturated rings. The molecule has 0 unspecified atom stereocenters.